The molecular weight excluding hydrogens is 275 g/mol. The van der Waals surface area contributed by atoms with E-state index in [-0.39, 0.29) is 6.61 Å². The van der Waals surface area contributed by atoms with Crippen molar-refractivity contribution in [2.45, 2.75) is 13.2 Å². The first-order valence-corrected chi connectivity index (χ1v) is 6.39. The Morgan fingerprint density at radius 2 is 1.86 bits per heavy atom. The van der Waals surface area contributed by atoms with Crippen LogP contribution in [0.25, 0.3) is 0 Å². The van der Waals surface area contributed by atoms with Crippen LogP contribution < -0.4 is 10.1 Å². The molecule has 0 heterocycles. The van der Waals surface area contributed by atoms with Crippen molar-refractivity contribution in [2.24, 2.45) is 0 Å². The number of hydrogen-bond donors (Lipinski definition) is 1. The third-order valence-electron chi connectivity index (χ3n) is 2.92. The molecule has 21 heavy (non-hydrogen) atoms. The second kappa shape index (κ2) is 6.81. The molecule has 0 atom stereocenters. The number of benzene rings is 2. The Balaban J connectivity index is 1.99. The van der Waals surface area contributed by atoms with Crippen molar-refractivity contribution >= 4 is 5.69 Å². The number of halogens is 1. The Morgan fingerprint density at radius 3 is 2.43 bits per heavy atom. The molecule has 0 saturated carbocycles. The first-order chi connectivity index (χ1) is 10.1. The number of nitrogens with one attached hydrogen (secondary N) is 1. The van der Waals surface area contributed by atoms with Gasteiger partial charge in [0.15, 0.2) is 0 Å². The summed E-state index contributed by atoms with van der Waals surface area (Å²) in [6.07, 6.45) is 0. The van der Waals surface area contributed by atoms with Gasteiger partial charge in [-0.05, 0) is 42.4 Å². The van der Waals surface area contributed by atoms with Crippen molar-refractivity contribution < 1.29 is 14.1 Å². The number of hydrogen-bond acceptors (Lipinski definition) is 4. The topological polar surface area (TPSA) is 64.4 Å². The highest BCUT2D eigenvalue weighted by atomic mass is 19.1. The average Bonchev–Trinajstić information content (AvgIpc) is 2.46. The number of nitro benzene ring substituents is 1. The van der Waals surface area contributed by atoms with Gasteiger partial charge in [0.05, 0.1) is 4.92 Å². The van der Waals surface area contributed by atoms with Crippen molar-refractivity contribution in [3.63, 3.8) is 0 Å². The van der Waals surface area contributed by atoms with E-state index in [1.54, 1.807) is 0 Å². The average molecular weight is 290 g/mol. The molecule has 0 fully saturated rings. The van der Waals surface area contributed by atoms with Crippen molar-refractivity contribution in [2.75, 3.05) is 7.05 Å². The third kappa shape index (κ3) is 4.00. The number of nitro groups is 1. The Bertz CT molecular complexity index is 629. The van der Waals surface area contributed by atoms with Crippen LogP contribution in [0.2, 0.25) is 0 Å². The van der Waals surface area contributed by atoms with Crippen LogP contribution in [0.5, 0.6) is 5.75 Å². The van der Waals surface area contributed by atoms with Crippen LogP contribution in [-0.4, -0.2) is 12.0 Å². The molecule has 0 radical (unpaired) electrons. The van der Waals surface area contributed by atoms with Crippen LogP contribution in [0, 0.1) is 15.9 Å². The second-order valence-electron chi connectivity index (χ2n) is 4.51. The fourth-order valence-corrected chi connectivity index (χ4v) is 1.86. The summed E-state index contributed by atoms with van der Waals surface area (Å²) >= 11 is 0. The van der Waals surface area contributed by atoms with Gasteiger partial charge in [0.2, 0.25) is 5.82 Å². The van der Waals surface area contributed by atoms with Crippen LogP contribution in [0.4, 0.5) is 10.1 Å². The highest BCUT2D eigenvalue weighted by Gasteiger charge is 2.13. The van der Waals surface area contributed by atoms with E-state index in [0.29, 0.717) is 11.3 Å². The van der Waals surface area contributed by atoms with Gasteiger partial charge in [0.1, 0.15) is 12.4 Å². The van der Waals surface area contributed by atoms with E-state index in [2.05, 4.69) is 5.32 Å². The molecule has 0 aliphatic heterocycles. The fraction of sp³-hybridized carbons (Fsp3) is 0.200. The van der Waals surface area contributed by atoms with Crippen molar-refractivity contribution in [3.8, 4) is 5.75 Å². The molecule has 0 spiro atoms. The predicted octanol–water partition coefficient (Wildman–Crippen LogP) is 3.03. The second-order valence-corrected chi connectivity index (χ2v) is 4.51. The summed E-state index contributed by atoms with van der Waals surface area (Å²) in [6.45, 7) is 0.925. The highest BCUT2D eigenvalue weighted by molar-refractivity contribution is 5.35. The van der Waals surface area contributed by atoms with E-state index in [1.807, 2.05) is 31.3 Å². The Hall–Kier alpha value is -2.47. The predicted molar refractivity (Wildman–Crippen MR) is 76.6 cm³/mol. The lowest BCUT2D eigenvalue weighted by molar-refractivity contribution is -0.387. The monoisotopic (exact) mass is 290 g/mol. The van der Waals surface area contributed by atoms with Gasteiger partial charge < -0.3 is 10.1 Å². The molecule has 0 saturated heterocycles. The van der Waals surface area contributed by atoms with Crippen LogP contribution in [0.3, 0.4) is 0 Å². The van der Waals surface area contributed by atoms with Crippen LogP contribution in [0.1, 0.15) is 11.1 Å². The Kier molecular flexibility index (Phi) is 4.84. The zero-order valence-corrected chi connectivity index (χ0v) is 11.5. The smallest absolute Gasteiger partial charge is 0.304 e. The zero-order chi connectivity index (χ0) is 15.2. The molecule has 0 aliphatic rings. The maximum Gasteiger partial charge on any atom is 0.304 e. The molecule has 1 N–H and O–H groups in total. The first-order valence-electron chi connectivity index (χ1n) is 6.39. The molecular formula is C15H15FN2O3. The standard InChI is InChI=1S/C15H15FN2O3/c1-17-9-11-2-5-13(6-3-11)21-10-12-4-7-15(18(19)20)14(16)8-12/h2-8,17H,9-10H2,1H3. The van der Waals surface area contributed by atoms with Gasteiger partial charge >= 0.3 is 5.69 Å². The molecule has 0 unspecified atom stereocenters. The first kappa shape index (κ1) is 14.9. The molecule has 0 aromatic heterocycles. The minimum absolute atomic E-state index is 0.153. The third-order valence-corrected chi connectivity index (χ3v) is 2.92. The lowest BCUT2D eigenvalue weighted by Crippen LogP contribution is -2.04. The number of nitrogens with zero attached hydrogens (tertiary/aromatic N) is 1. The van der Waals surface area contributed by atoms with Gasteiger partial charge in [-0.1, -0.05) is 12.1 Å². The summed E-state index contributed by atoms with van der Waals surface area (Å²) in [6, 6.07) is 11.3. The molecule has 0 aliphatic carbocycles. The Labute approximate surface area is 121 Å². The van der Waals surface area contributed by atoms with Gasteiger partial charge in [-0.2, -0.15) is 4.39 Å². The van der Waals surface area contributed by atoms with Crippen LogP contribution >= 0.6 is 0 Å². The molecule has 110 valence electrons. The van der Waals surface area contributed by atoms with E-state index in [1.165, 1.54) is 6.07 Å². The number of ether oxygens (including phenoxy) is 1. The molecule has 5 nitrogen and oxygen atoms in total. The molecule has 2 aromatic carbocycles. The fourth-order valence-electron chi connectivity index (χ4n) is 1.86. The minimum atomic E-state index is -0.856. The van der Waals surface area contributed by atoms with Crippen molar-refractivity contribution in [1.82, 2.24) is 5.32 Å². The van der Waals surface area contributed by atoms with Crippen molar-refractivity contribution in [1.29, 1.82) is 0 Å². The van der Waals surface area contributed by atoms with Crippen LogP contribution in [0.15, 0.2) is 42.5 Å². The van der Waals surface area contributed by atoms with Crippen LogP contribution in [-0.2, 0) is 13.2 Å². The maximum atomic E-state index is 13.5. The summed E-state index contributed by atoms with van der Waals surface area (Å²) in [4.78, 5) is 9.78. The molecule has 2 aromatic rings. The summed E-state index contributed by atoms with van der Waals surface area (Å²) in [5.41, 5.74) is 1.14. The number of rotatable bonds is 6. The normalized spacial score (nSPS) is 10.4. The molecule has 0 bridgehead atoms. The van der Waals surface area contributed by atoms with E-state index >= 15 is 0 Å². The van der Waals surface area contributed by atoms with Gasteiger partial charge in [-0.25, -0.2) is 0 Å². The summed E-state index contributed by atoms with van der Waals surface area (Å²) in [7, 11) is 1.87. The summed E-state index contributed by atoms with van der Waals surface area (Å²) in [5.74, 6) is -0.195. The van der Waals surface area contributed by atoms with E-state index in [0.717, 1.165) is 24.2 Å². The zero-order valence-electron chi connectivity index (χ0n) is 11.5. The van der Waals surface area contributed by atoms with Gasteiger partial charge in [-0.3, -0.25) is 10.1 Å². The minimum Gasteiger partial charge on any atom is -0.489 e. The summed E-state index contributed by atoms with van der Waals surface area (Å²) < 4.78 is 19.0. The molecule has 2 rings (SSSR count). The Morgan fingerprint density at radius 1 is 1.19 bits per heavy atom. The molecule has 6 heteroatoms. The van der Waals surface area contributed by atoms with E-state index in [4.69, 9.17) is 4.74 Å². The van der Waals surface area contributed by atoms with Gasteiger partial charge in [0.25, 0.3) is 0 Å². The molecule has 0 amide bonds. The van der Waals surface area contributed by atoms with E-state index in [9.17, 15) is 14.5 Å². The lowest BCUT2D eigenvalue weighted by Gasteiger charge is -2.07. The van der Waals surface area contributed by atoms with Gasteiger partial charge in [-0.15, -0.1) is 0 Å². The SMILES string of the molecule is CNCc1ccc(OCc2ccc([N+](=O)[O-])c(F)c2)cc1. The summed E-state index contributed by atoms with van der Waals surface area (Å²) in [5, 5.41) is 13.6. The highest BCUT2D eigenvalue weighted by Crippen LogP contribution is 2.19. The quantitative estimate of drug-likeness (QED) is 0.656. The largest absolute Gasteiger partial charge is 0.489 e. The maximum absolute atomic E-state index is 13.5. The van der Waals surface area contributed by atoms with Gasteiger partial charge in [0, 0.05) is 12.6 Å². The van der Waals surface area contributed by atoms with Crippen molar-refractivity contribution in [3.05, 3.63) is 69.5 Å². The van der Waals surface area contributed by atoms with E-state index < -0.39 is 16.4 Å². The lowest BCUT2D eigenvalue weighted by atomic mass is 10.2.